The summed E-state index contributed by atoms with van der Waals surface area (Å²) in [5.74, 6) is -1.84. The molecule has 1 aliphatic rings. The quantitative estimate of drug-likeness (QED) is 0.177. The van der Waals surface area contributed by atoms with Crippen LogP contribution in [0.15, 0.2) is 48.0 Å². The molecule has 2 aromatic carbocycles. The number of likely N-dealkylation sites (tertiary alicyclic amines) is 1. The average molecular weight is 437 g/mol. The lowest BCUT2D eigenvalue weighted by atomic mass is 9.93. The van der Waals surface area contributed by atoms with Crippen molar-refractivity contribution in [1.29, 1.82) is 0 Å². The Bertz CT molecular complexity index is 1090. The molecule has 0 radical (unpaired) electrons. The van der Waals surface area contributed by atoms with Crippen LogP contribution in [0, 0.1) is 13.8 Å². The van der Waals surface area contributed by atoms with E-state index < -0.39 is 23.7 Å². The molecule has 1 heterocycles. The molecule has 3 rings (SSSR count). The molecule has 1 amide bonds. The minimum Gasteiger partial charge on any atom is -0.507 e. The molecule has 0 aliphatic carbocycles. The molecule has 7 nitrogen and oxygen atoms in total. The van der Waals surface area contributed by atoms with Gasteiger partial charge >= 0.3 is 5.97 Å². The van der Waals surface area contributed by atoms with Crippen molar-refractivity contribution >= 4 is 23.4 Å². The van der Waals surface area contributed by atoms with Gasteiger partial charge in [0.1, 0.15) is 11.5 Å². The Morgan fingerprint density at radius 2 is 1.88 bits per heavy atom. The first-order valence-electron chi connectivity index (χ1n) is 10.4. The van der Waals surface area contributed by atoms with E-state index in [1.165, 1.54) is 11.8 Å². The van der Waals surface area contributed by atoms with Gasteiger partial charge < -0.3 is 19.5 Å². The molecule has 168 valence electrons. The number of methoxy groups -OCH3 is 1. The molecule has 1 fully saturated rings. The molecule has 1 aliphatic heterocycles. The van der Waals surface area contributed by atoms with Crippen LogP contribution in [0.25, 0.3) is 5.76 Å². The molecule has 1 unspecified atom stereocenters. The molecule has 2 aromatic rings. The lowest BCUT2D eigenvalue weighted by Gasteiger charge is -2.25. The second-order valence-electron chi connectivity index (χ2n) is 7.82. The van der Waals surface area contributed by atoms with Gasteiger partial charge in [0.15, 0.2) is 0 Å². The van der Waals surface area contributed by atoms with Crippen LogP contribution in [-0.2, 0) is 19.1 Å². The highest BCUT2D eigenvalue weighted by molar-refractivity contribution is 6.46. The van der Waals surface area contributed by atoms with Crippen LogP contribution in [0.3, 0.4) is 0 Å². The van der Waals surface area contributed by atoms with Crippen molar-refractivity contribution in [3.8, 4) is 5.75 Å². The third-order valence-electron chi connectivity index (χ3n) is 5.37. The number of hydrogen-bond donors (Lipinski definition) is 1. The first kappa shape index (κ1) is 23.2. The largest absolute Gasteiger partial charge is 0.507 e. The predicted octanol–water partition coefficient (Wildman–Crippen LogP) is 3.69. The Morgan fingerprint density at radius 1 is 1.12 bits per heavy atom. The third kappa shape index (κ3) is 4.73. The van der Waals surface area contributed by atoms with Gasteiger partial charge in [0.05, 0.1) is 11.6 Å². The minimum absolute atomic E-state index is 0.0149. The Hall–Kier alpha value is -3.45. The molecule has 0 saturated carbocycles. The number of ketones is 1. The topological polar surface area (TPSA) is 93.1 Å². The molecular formula is C25H27NO6. The van der Waals surface area contributed by atoms with Crippen LogP contribution >= 0.6 is 0 Å². The average Bonchev–Trinajstić information content (AvgIpc) is 3.00. The predicted molar refractivity (Wildman–Crippen MR) is 119 cm³/mol. The van der Waals surface area contributed by atoms with E-state index >= 15 is 0 Å². The number of esters is 1. The van der Waals surface area contributed by atoms with E-state index in [-0.39, 0.29) is 17.9 Å². The summed E-state index contributed by atoms with van der Waals surface area (Å²) in [4.78, 5) is 38.9. The SMILES string of the molecule is COCCCN1C(=O)C(=O)/C(=C(/O)c2cc(C)ccc2C)C1c1cccc(OC(C)=O)c1. The van der Waals surface area contributed by atoms with Gasteiger partial charge in [-0.15, -0.1) is 0 Å². The van der Waals surface area contributed by atoms with Gasteiger partial charge in [-0.05, 0) is 49.6 Å². The number of rotatable bonds is 7. The van der Waals surface area contributed by atoms with Crippen molar-refractivity contribution in [2.24, 2.45) is 0 Å². The first-order valence-corrected chi connectivity index (χ1v) is 10.4. The molecule has 0 spiro atoms. The van der Waals surface area contributed by atoms with Gasteiger partial charge in [0.25, 0.3) is 11.7 Å². The lowest BCUT2D eigenvalue weighted by molar-refractivity contribution is -0.140. The van der Waals surface area contributed by atoms with E-state index in [1.54, 1.807) is 37.4 Å². The number of amides is 1. The number of aryl methyl sites for hydroxylation is 2. The molecule has 1 N–H and O–H groups in total. The van der Waals surface area contributed by atoms with E-state index in [4.69, 9.17) is 9.47 Å². The first-order chi connectivity index (χ1) is 15.2. The Morgan fingerprint density at radius 3 is 2.56 bits per heavy atom. The molecular weight excluding hydrogens is 410 g/mol. The Labute approximate surface area is 187 Å². The fourth-order valence-electron chi connectivity index (χ4n) is 3.89. The van der Waals surface area contributed by atoms with Crippen LogP contribution in [0.1, 0.15) is 41.6 Å². The number of Topliss-reactive ketones (excluding diaryl/α,β-unsaturated/α-hetero) is 1. The summed E-state index contributed by atoms with van der Waals surface area (Å²) in [7, 11) is 1.56. The zero-order valence-corrected chi connectivity index (χ0v) is 18.7. The third-order valence-corrected chi connectivity index (χ3v) is 5.37. The van der Waals surface area contributed by atoms with Crippen molar-refractivity contribution in [2.75, 3.05) is 20.3 Å². The van der Waals surface area contributed by atoms with Crippen molar-refractivity contribution in [2.45, 2.75) is 33.2 Å². The summed E-state index contributed by atoms with van der Waals surface area (Å²) in [6.07, 6.45) is 0.521. The van der Waals surface area contributed by atoms with Crippen molar-refractivity contribution in [3.63, 3.8) is 0 Å². The van der Waals surface area contributed by atoms with E-state index in [9.17, 15) is 19.5 Å². The Kier molecular flexibility index (Phi) is 7.10. The number of hydrogen-bond acceptors (Lipinski definition) is 6. The summed E-state index contributed by atoms with van der Waals surface area (Å²) in [6, 6.07) is 11.4. The fraction of sp³-hybridized carbons (Fsp3) is 0.320. The van der Waals surface area contributed by atoms with E-state index in [0.29, 0.717) is 29.9 Å². The van der Waals surface area contributed by atoms with Gasteiger partial charge in [-0.1, -0.05) is 29.8 Å². The number of carbonyl (C=O) groups excluding carboxylic acids is 3. The van der Waals surface area contributed by atoms with Crippen LogP contribution < -0.4 is 4.74 Å². The molecule has 32 heavy (non-hydrogen) atoms. The lowest BCUT2D eigenvalue weighted by Crippen LogP contribution is -2.31. The van der Waals surface area contributed by atoms with Crippen molar-refractivity contribution in [3.05, 3.63) is 70.3 Å². The summed E-state index contributed by atoms with van der Waals surface area (Å²) < 4.78 is 10.3. The summed E-state index contributed by atoms with van der Waals surface area (Å²) >= 11 is 0. The highest BCUT2D eigenvalue weighted by Gasteiger charge is 2.46. The number of nitrogens with zero attached hydrogens (tertiary/aromatic N) is 1. The van der Waals surface area contributed by atoms with Gasteiger partial charge in [0.2, 0.25) is 0 Å². The number of benzene rings is 2. The van der Waals surface area contributed by atoms with Crippen LogP contribution in [0.2, 0.25) is 0 Å². The van der Waals surface area contributed by atoms with Crippen molar-refractivity contribution < 1.29 is 29.0 Å². The highest BCUT2D eigenvalue weighted by Crippen LogP contribution is 2.40. The summed E-state index contributed by atoms with van der Waals surface area (Å²) in [5, 5.41) is 11.2. The van der Waals surface area contributed by atoms with E-state index in [1.807, 2.05) is 26.0 Å². The van der Waals surface area contributed by atoms with Gasteiger partial charge in [-0.3, -0.25) is 14.4 Å². The highest BCUT2D eigenvalue weighted by atomic mass is 16.5. The molecule has 1 saturated heterocycles. The zero-order chi connectivity index (χ0) is 23.4. The number of aliphatic hydroxyl groups excluding tert-OH is 1. The van der Waals surface area contributed by atoms with Crippen LogP contribution in [0.5, 0.6) is 5.75 Å². The number of ether oxygens (including phenoxy) is 2. The zero-order valence-electron chi connectivity index (χ0n) is 18.7. The molecule has 7 heteroatoms. The summed E-state index contributed by atoms with van der Waals surface area (Å²) in [6.45, 7) is 5.70. The minimum atomic E-state index is -0.817. The molecule has 0 bridgehead atoms. The molecule has 0 aromatic heterocycles. The van der Waals surface area contributed by atoms with E-state index in [0.717, 1.165) is 11.1 Å². The summed E-state index contributed by atoms with van der Waals surface area (Å²) in [5.41, 5.74) is 2.78. The smallest absolute Gasteiger partial charge is 0.308 e. The van der Waals surface area contributed by atoms with Gasteiger partial charge in [-0.2, -0.15) is 0 Å². The second kappa shape index (κ2) is 9.78. The molecule has 1 atom stereocenters. The normalized spacial score (nSPS) is 17.6. The fourth-order valence-corrected chi connectivity index (χ4v) is 3.89. The number of aliphatic hydroxyl groups is 1. The maximum Gasteiger partial charge on any atom is 0.308 e. The van der Waals surface area contributed by atoms with E-state index in [2.05, 4.69) is 0 Å². The monoisotopic (exact) mass is 437 g/mol. The maximum atomic E-state index is 13.1. The van der Waals surface area contributed by atoms with Gasteiger partial charge in [0, 0.05) is 32.7 Å². The van der Waals surface area contributed by atoms with Crippen LogP contribution in [-0.4, -0.2) is 47.9 Å². The van der Waals surface area contributed by atoms with Crippen molar-refractivity contribution in [1.82, 2.24) is 4.90 Å². The maximum absolute atomic E-state index is 13.1. The van der Waals surface area contributed by atoms with Gasteiger partial charge in [-0.25, -0.2) is 0 Å². The number of carbonyl (C=O) groups is 3. The van der Waals surface area contributed by atoms with Crippen LogP contribution in [0.4, 0.5) is 0 Å². The standard InChI is InChI=1S/C25H27NO6/c1-15-9-10-16(2)20(13-15)23(28)21-22(18-7-5-8-19(14-18)32-17(3)27)26(11-6-12-31-4)25(30)24(21)29/h5,7-10,13-14,22,28H,6,11-12H2,1-4H3/b23-21+. The second-order valence-corrected chi connectivity index (χ2v) is 7.82. The Balaban J connectivity index is 2.17.